The maximum absolute atomic E-state index is 11.0. The first kappa shape index (κ1) is 14.4. The summed E-state index contributed by atoms with van der Waals surface area (Å²) in [7, 11) is 0. The molecule has 0 spiro atoms. The van der Waals surface area contributed by atoms with Crippen LogP contribution in [0.1, 0.15) is 44.7 Å². The lowest BCUT2D eigenvalue weighted by molar-refractivity contribution is -0.385. The highest BCUT2D eigenvalue weighted by atomic mass is 16.6. The molecule has 18 heavy (non-hydrogen) atoms. The van der Waals surface area contributed by atoms with E-state index in [1.54, 1.807) is 32.1 Å². The fourth-order valence-electron chi connectivity index (χ4n) is 1.68. The lowest BCUT2D eigenvalue weighted by atomic mass is 9.98. The first-order valence-electron chi connectivity index (χ1n) is 5.97. The molecular weight excluding hydrogens is 230 g/mol. The average molecular weight is 249 g/mol. The number of nitrogens with zero attached hydrogens (tertiary/aromatic N) is 1. The van der Waals surface area contributed by atoms with E-state index < -0.39 is 6.10 Å². The zero-order valence-electron chi connectivity index (χ0n) is 11.2. The number of benzene rings is 1. The van der Waals surface area contributed by atoms with E-state index in [1.807, 2.05) is 19.9 Å². The summed E-state index contributed by atoms with van der Waals surface area (Å²) in [5.74, 6) is 0.112. The SMILES string of the molecule is C/C(=C/c1ccc(C(C)C)c([N+](=O)[O-])c1)C(C)O. The Balaban J connectivity index is 3.24. The Morgan fingerprint density at radius 2 is 2.00 bits per heavy atom. The van der Waals surface area contributed by atoms with Gasteiger partial charge in [-0.3, -0.25) is 10.1 Å². The second-order valence-electron chi connectivity index (χ2n) is 4.79. The van der Waals surface area contributed by atoms with Gasteiger partial charge >= 0.3 is 0 Å². The van der Waals surface area contributed by atoms with Gasteiger partial charge in [-0.1, -0.05) is 32.1 Å². The van der Waals surface area contributed by atoms with Crippen LogP contribution >= 0.6 is 0 Å². The minimum atomic E-state index is -0.547. The van der Waals surface area contributed by atoms with Gasteiger partial charge in [0.05, 0.1) is 11.0 Å². The summed E-state index contributed by atoms with van der Waals surface area (Å²) < 4.78 is 0. The van der Waals surface area contributed by atoms with E-state index in [0.717, 1.165) is 16.7 Å². The Bertz CT molecular complexity index is 476. The molecule has 1 unspecified atom stereocenters. The van der Waals surface area contributed by atoms with E-state index in [1.165, 1.54) is 0 Å². The number of aliphatic hydroxyl groups excluding tert-OH is 1. The third-order valence-corrected chi connectivity index (χ3v) is 2.93. The van der Waals surface area contributed by atoms with E-state index in [2.05, 4.69) is 0 Å². The molecule has 0 saturated heterocycles. The molecule has 1 N–H and O–H groups in total. The van der Waals surface area contributed by atoms with E-state index in [0.29, 0.717) is 0 Å². The topological polar surface area (TPSA) is 63.4 Å². The summed E-state index contributed by atoms with van der Waals surface area (Å²) in [4.78, 5) is 10.7. The molecule has 0 aliphatic rings. The minimum absolute atomic E-state index is 0.112. The van der Waals surface area contributed by atoms with Crippen molar-refractivity contribution in [3.05, 3.63) is 45.0 Å². The van der Waals surface area contributed by atoms with Crippen LogP contribution in [0.5, 0.6) is 0 Å². The van der Waals surface area contributed by atoms with E-state index >= 15 is 0 Å². The minimum Gasteiger partial charge on any atom is -0.389 e. The monoisotopic (exact) mass is 249 g/mol. The predicted molar refractivity (Wildman–Crippen MR) is 72.5 cm³/mol. The smallest absolute Gasteiger partial charge is 0.273 e. The van der Waals surface area contributed by atoms with Crippen LogP contribution in [0.15, 0.2) is 23.8 Å². The van der Waals surface area contributed by atoms with Crippen molar-refractivity contribution < 1.29 is 10.0 Å². The molecule has 0 heterocycles. The largest absolute Gasteiger partial charge is 0.389 e. The highest BCUT2D eigenvalue weighted by molar-refractivity contribution is 5.59. The standard InChI is InChI=1S/C14H19NO3/c1-9(2)13-6-5-12(7-10(3)11(4)16)8-14(13)15(17)18/h5-9,11,16H,1-4H3/b10-7-. The highest BCUT2D eigenvalue weighted by Gasteiger charge is 2.16. The molecule has 1 aromatic carbocycles. The fourth-order valence-corrected chi connectivity index (χ4v) is 1.68. The quantitative estimate of drug-likeness (QED) is 0.656. The van der Waals surface area contributed by atoms with Crippen LogP contribution < -0.4 is 0 Å². The lowest BCUT2D eigenvalue weighted by Gasteiger charge is -2.08. The molecule has 1 atom stereocenters. The van der Waals surface area contributed by atoms with Gasteiger partial charge in [-0.25, -0.2) is 0 Å². The van der Waals surface area contributed by atoms with Gasteiger partial charge in [-0.15, -0.1) is 0 Å². The molecule has 98 valence electrons. The summed E-state index contributed by atoms with van der Waals surface area (Å²) in [5, 5.41) is 20.4. The van der Waals surface area contributed by atoms with Gasteiger partial charge in [-0.2, -0.15) is 0 Å². The van der Waals surface area contributed by atoms with Crippen LogP contribution in [0.3, 0.4) is 0 Å². The third kappa shape index (κ3) is 3.40. The first-order chi connectivity index (χ1) is 8.32. The van der Waals surface area contributed by atoms with Crippen molar-refractivity contribution in [1.82, 2.24) is 0 Å². The van der Waals surface area contributed by atoms with Gasteiger partial charge in [-0.05, 0) is 30.9 Å². The van der Waals surface area contributed by atoms with Gasteiger partial charge in [0.1, 0.15) is 0 Å². The van der Waals surface area contributed by atoms with Gasteiger partial charge in [0.15, 0.2) is 0 Å². The Morgan fingerprint density at radius 1 is 1.39 bits per heavy atom. The molecule has 0 aliphatic heterocycles. The van der Waals surface area contributed by atoms with E-state index in [4.69, 9.17) is 0 Å². The lowest BCUT2D eigenvalue weighted by Crippen LogP contribution is -2.01. The molecule has 1 rings (SSSR count). The number of rotatable bonds is 4. The molecule has 1 aromatic rings. The maximum Gasteiger partial charge on any atom is 0.273 e. The van der Waals surface area contributed by atoms with Crippen molar-refractivity contribution in [3.63, 3.8) is 0 Å². The molecular formula is C14H19NO3. The van der Waals surface area contributed by atoms with Crippen LogP contribution in [-0.4, -0.2) is 16.1 Å². The van der Waals surface area contributed by atoms with Crippen molar-refractivity contribution in [2.24, 2.45) is 0 Å². The van der Waals surface area contributed by atoms with Gasteiger partial charge < -0.3 is 5.11 Å². The van der Waals surface area contributed by atoms with Crippen LogP contribution in [0, 0.1) is 10.1 Å². The summed E-state index contributed by atoms with van der Waals surface area (Å²) >= 11 is 0. The number of hydrogen-bond donors (Lipinski definition) is 1. The van der Waals surface area contributed by atoms with Crippen molar-refractivity contribution in [2.75, 3.05) is 0 Å². The average Bonchev–Trinajstić information content (AvgIpc) is 2.28. The van der Waals surface area contributed by atoms with Crippen LogP contribution in [0.4, 0.5) is 5.69 Å². The van der Waals surface area contributed by atoms with Crippen molar-refractivity contribution in [3.8, 4) is 0 Å². The number of hydrogen-bond acceptors (Lipinski definition) is 3. The molecule has 4 nitrogen and oxygen atoms in total. The van der Waals surface area contributed by atoms with Gasteiger partial charge in [0.25, 0.3) is 5.69 Å². The summed E-state index contributed by atoms with van der Waals surface area (Å²) in [6, 6.07) is 5.18. The normalized spacial score (nSPS) is 13.8. The Kier molecular flexibility index (Phi) is 4.62. The number of nitro benzene ring substituents is 1. The zero-order valence-corrected chi connectivity index (χ0v) is 11.2. The zero-order chi connectivity index (χ0) is 13.9. The molecule has 0 saturated carbocycles. The first-order valence-corrected chi connectivity index (χ1v) is 5.97. The predicted octanol–water partition coefficient (Wildman–Crippen LogP) is 3.50. The molecule has 0 radical (unpaired) electrons. The summed E-state index contributed by atoms with van der Waals surface area (Å²) in [6.45, 7) is 7.33. The van der Waals surface area contributed by atoms with Crippen molar-refractivity contribution in [2.45, 2.75) is 39.7 Å². The molecule has 0 aromatic heterocycles. The molecule has 0 aliphatic carbocycles. The second-order valence-corrected chi connectivity index (χ2v) is 4.79. The fraction of sp³-hybridized carbons (Fsp3) is 0.429. The van der Waals surface area contributed by atoms with Crippen LogP contribution in [-0.2, 0) is 0 Å². The number of nitro groups is 1. The van der Waals surface area contributed by atoms with E-state index in [-0.39, 0.29) is 16.5 Å². The Morgan fingerprint density at radius 3 is 2.44 bits per heavy atom. The third-order valence-electron chi connectivity index (χ3n) is 2.93. The number of aliphatic hydroxyl groups is 1. The van der Waals surface area contributed by atoms with Crippen molar-refractivity contribution >= 4 is 11.8 Å². The van der Waals surface area contributed by atoms with Crippen LogP contribution in [0.2, 0.25) is 0 Å². The molecule has 0 bridgehead atoms. The summed E-state index contributed by atoms with van der Waals surface area (Å²) in [5.41, 5.74) is 2.38. The van der Waals surface area contributed by atoms with Gasteiger partial charge in [0, 0.05) is 11.6 Å². The van der Waals surface area contributed by atoms with Gasteiger partial charge in [0.2, 0.25) is 0 Å². The highest BCUT2D eigenvalue weighted by Crippen LogP contribution is 2.28. The van der Waals surface area contributed by atoms with Crippen LogP contribution in [0.25, 0.3) is 6.08 Å². The molecule has 4 heteroatoms. The second kappa shape index (κ2) is 5.78. The van der Waals surface area contributed by atoms with Crippen molar-refractivity contribution in [1.29, 1.82) is 0 Å². The van der Waals surface area contributed by atoms with E-state index in [9.17, 15) is 15.2 Å². The Hall–Kier alpha value is -1.68. The summed E-state index contributed by atoms with van der Waals surface area (Å²) in [6.07, 6.45) is 1.22. The maximum atomic E-state index is 11.0. The Labute approximate surface area is 107 Å². The molecule has 0 fully saturated rings. The molecule has 0 amide bonds.